The molecular weight excluding hydrogens is 328 g/mol. The van der Waals surface area contributed by atoms with E-state index in [1.54, 1.807) is 4.90 Å². The normalized spacial score (nSPS) is 21.4. The summed E-state index contributed by atoms with van der Waals surface area (Å²) in [6.45, 7) is 0.961. The molecule has 0 unspecified atom stereocenters. The van der Waals surface area contributed by atoms with E-state index >= 15 is 0 Å². The molecule has 2 aliphatic rings. The van der Waals surface area contributed by atoms with Gasteiger partial charge in [0.1, 0.15) is 5.41 Å². The molecule has 5 nitrogen and oxygen atoms in total. The van der Waals surface area contributed by atoms with Crippen LogP contribution >= 0.6 is 0 Å². The molecule has 2 amide bonds. The lowest BCUT2D eigenvalue weighted by molar-refractivity contribution is -0.144. The Balaban J connectivity index is 1.57. The highest BCUT2D eigenvalue weighted by Gasteiger charge is 2.57. The Morgan fingerprint density at radius 3 is 2.50 bits per heavy atom. The molecule has 1 heterocycles. The second-order valence-corrected chi connectivity index (χ2v) is 7.43. The lowest BCUT2D eigenvalue weighted by atomic mass is 9.87. The number of likely N-dealkylation sites (tertiary alicyclic amines) is 1. The van der Waals surface area contributed by atoms with Gasteiger partial charge in [-0.25, -0.2) is 0 Å². The summed E-state index contributed by atoms with van der Waals surface area (Å²) in [5.41, 5.74) is 5.13. The molecule has 4 rings (SSSR count). The van der Waals surface area contributed by atoms with Gasteiger partial charge >= 0.3 is 0 Å². The summed E-state index contributed by atoms with van der Waals surface area (Å²) in [5.74, 6) is -0.893. The van der Waals surface area contributed by atoms with Crippen LogP contribution in [0.3, 0.4) is 0 Å². The molecule has 1 saturated heterocycles. The van der Waals surface area contributed by atoms with Gasteiger partial charge in [-0.2, -0.15) is 0 Å². The van der Waals surface area contributed by atoms with Gasteiger partial charge in [0.15, 0.2) is 5.78 Å². The number of carbonyl (C=O) groups excluding carboxylic acids is 3. The molecule has 1 aliphatic heterocycles. The molecule has 0 aromatic heterocycles. The number of fused-ring (bicyclic) bond motifs is 1. The second-order valence-electron chi connectivity index (χ2n) is 7.43. The predicted molar refractivity (Wildman–Crippen MR) is 98.4 cm³/mol. The molecule has 2 N–H and O–H groups in total. The van der Waals surface area contributed by atoms with Crippen LogP contribution in [-0.4, -0.2) is 35.6 Å². The molecule has 2 fully saturated rings. The first-order valence-corrected chi connectivity index (χ1v) is 9.14. The van der Waals surface area contributed by atoms with E-state index in [-0.39, 0.29) is 17.6 Å². The van der Waals surface area contributed by atoms with Crippen LogP contribution in [0.2, 0.25) is 0 Å². The van der Waals surface area contributed by atoms with Crippen LogP contribution in [0.1, 0.15) is 36.0 Å². The van der Waals surface area contributed by atoms with Crippen molar-refractivity contribution >= 4 is 28.4 Å². The Bertz CT molecular complexity index is 896. The maximum Gasteiger partial charge on any atom is 0.238 e. The number of nitrogens with two attached hydrogens (primary N) is 1. The van der Waals surface area contributed by atoms with Crippen molar-refractivity contribution in [2.24, 2.45) is 17.1 Å². The van der Waals surface area contributed by atoms with Gasteiger partial charge in [0, 0.05) is 24.6 Å². The highest BCUT2D eigenvalue weighted by molar-refractivity contribution is 6.10. The van der Waals surface area contributed by atoms with Crippen molar-refractivity contribution in [3.05, 3.63) is 48.0 Å². The summed E-state index contributed by atoms with van der Waals surface area (Å²) < 4.78 is 0. The molecule has 1 aliphatic carbocycles. The number of benzene rings is 2. The van der Waals surface area contributed by atoms with Gasteiger partial charge in [0.2, 0.25) is 11.8 Å². The molecule has 2 aromatic rings. The Morgan fingerprint density at radius 2 is 1.77 bits per heavy atom. The third-order valence-corrected chi connectivity index (χ3v) is 5.77. The van der Waals surface area contributed by atoms with Crippen LogP contribution in [0, 0.1) is 11.3 Å². The van der Waals surface area contributed by atoms with Crippen molar-refractivity contribution in [3.8, 4) is 0 Å². The number of primary amides is 1. The number of ketones is 1. The van der Waals surface area contributed by atoms with Crippen LogP contribution in [0.15, 0.2) is 42.5 Å². The summed E-state index contributed by atoms with van der Waals surface area (Å²) in [6, 6.07) is 13.6. The summed E-state index contributed by atoms with van der Waals surface area (Å²) >= 11 is 0. The van der Waals surface area contributed by atoms with E-state index in [1.165, 1.54) is 0 Å². The number of carbonyl (C=O) groups is 3. The van der Waals surface area contributed by atoms with E-state index in [2.05, 4.69) is 0 Å². The van der Waals surface area contributed by atoms with Crippen LogP contribution in [0.4, 0.5) is 0 Å². The number of Topliss-reactive ketones (excluding diaryl/α,β-unsaturated/α-hetero) is 1. The Morgan fingerprint density at radius 1 is 1.04 bits per heavy atom. The fourth-order valence-corrected chi connectivity index (χ4v) is 4.03. The maximum absolute atomic E-state index is 13.2. The third-order valence-electron chi connectivity index (χ3n) is 5.77. The molecule has 0 spiro atoms. The summed E-state index contributed by atoms with van der Waals surface area (Å²) in [6.07, 6.45) is 2.58. The summed E-state index contributed by atoms with van der Waals surface area (Å²) in [7, 11) is 0. The van der Waals surface area contributed by atoms with E-state index in [0.717, 1.165) is 23.6 Å². The monoisotopic (exact) mass is 350 g/mol. The lowest BCUT2D eigenvalue weighted by Gasteiger charge is -2.34. The third kappa shape index (κ3) is 2.68. The van der Waals surface area contributed by atoms with Gasteiger partial charge in [-0.05, 0) is 36.5 Å². The van der Waals surface area contributed by atoms with Crippen LogP contribution in [0.25, 0.3) is 10.8 Å². The highest BCUT2D eigenvalue weighted by Crippen LogP contribution is 2.47. The van der Waals surface area contributed by atoms with E-state index in [4.69, 9.17) is 5.73 Å². The molecule has 5 heteroatoms. The van der Waals surface area contributed by atoms with Crippen LogP contribution < -0.4 is 5.73 Å². The number of nitrogens with zero attached hydrogens (tertiary/aromatic N) is 1. The van der Waals surface area contributed by atoms with Crippen molar-refractivity contribution < 1.29 is 14.4 Å². The van der Waals surface area contributed by atoms with Crippen LogP contribution in [0.5, 0.6) is 0 Å². The van der Waals surface area contributed by atoms with Crippen LogP contribution in [-0.2, 0) is 9.59 Å². The second kappa shape index (κ2) is 6.24. The zero-order chi connectivity index (χ0) is 18.3. The van der Waals surface area contributed by atoms with Crippen molar-refractivity contribution in [2.45, 2.75) is 25.7 Å². The molecular formula is C21H22N2O3. The van der Waals surface area contributed by atoms with Crippen molar-refractivity contribution in [2.75, 3.05) is 13.1 Å². The first-order chi connectivity index (χ1) is 12.5. The molecule has 2 aromatic carbocycles. The quantitative estimate of drug-likeness (QED) is 0.680. The molecule has 1 saturated carbocycles. The minimum absolute atomic E-state index is 0.0724. The Kier molecular flexibility index (Phi) is 4.02. The van der Waals surface area contributed by atoms with Gasteiger partial charge in [-0.1, -0.05) is 42.5 Å². The highest BCUT2D eigenvalue weighted by atomic mass is 16.2. The van der Waals surface area contributed by atoms with Gasteiger partial charge in [0.25, 0.3) is 0 Å². The minimum atomic E-state index is -1.01. The average Bonchev–Trinajstić information content (AvgIpc) is 3.48. The average molecular weight is 350 g/mol. The number of hydrogen-bond acceptors (Lipinski definition) is 3. The Hall–Kier alpha value is -2.69. The smallest absolute Gasteiger partial charge is 0.238 e. The lowest BCUT2D eigenvalue weighted by Crippen LogP contribution is -2.48. The van der Waals surface area contributed by atoms with Gasteiger partial charge in [-0.15, -0.1) is 0 Å². The first kappa shape index (κ1) is 16.8. The van der Waals surface area contributed by atoms with Gasteiger partial charge < -0.3 is 10.6 Å². The topological polar surface area (TPSA) is 80.5 Å². The fourth-order valence-electron chi connectivity index (χ4n) is 4.03. The first-order valence-electron chi connectivity index (χ1n) is 9.14. The van der Waals surface area contributed by atoms with Crippen molar-refractivity contribution in [3.63, 3.8) is 0 Å². The van der Waals surface area contributed by atoms with E-state index < -0.39 is 11.3 Å². The number of amides is 2. The molecule has 1 atom stereocenters. The zero-order valence-electron chi connectivity index (χ0n) is 14.6. The van der Waals surface area contributed by atoms with E-state index in [9.17, 15) is 14.4 Å². The van der Waals surface area contributed by atoms with E-state index in [0.29, 0.717) is 31.5 Å². The minimum Gasteiger partial charge on any atom is -0.369 e. The predicted octanol–water partition coefficient (Wildman–Crippen LogP) is 2.53. The Labute approximate surface area is 152 Å². The SMILES string of the molecule is NC(=O)C1(C(=O)N2CCC[C@H](C(=O)c3cccc4ccccc34)C2)CC1. The number of piperidine rings is 1. The van der Waals surface area contributed by atoms with E-state index in [1.807, 2.05) is 42.5 Å². The molecule has 0 bridgehead atoms. The largest absolute Gasteiger partial charge is 0.369 e. The van der Waals surface area contributed by atoms with Gasteiger partial charge in [0.05, 0.1) is 0 Å². The summed E-state index contributed by atoms with van der Waals surface area (Å²) in [4.78, 5) is 39.2. The molecule has 26 heavy (non-hydrogen) atoms. The van der Waals surface area contributed by atoms with Crippen molar-refractivity contribution in [1.29, 1.82) is 0 Å². The molecule has 134 valence electrons. The summed E-state index contributed by atoms with van der Waals surface area (Å²) in [5, 5.41) is 1.98. The number of rotatable bonds is 4. The maximum atomic E-state index is 13.2. The fraction of sp³-hybridized carbons (Fsp3) is 0.381. The molecule has 0 radical (unpaired) electrons. The zero-order valence-corrected chi connectivity index (χ0v) is 14.6. The number of hydrogen-bond donors (Lipinski definition) is 1. The standard InChI is InChI=1S/C21H22N2O3/c22-19(25)21(10-11-21)20(26)23-12-4-7-15(13-23)18(24)17-9-3-6-14-5-1-2-8-16(14)17/h1-3,5-6,8-9,15H,4,7,10-13H2,(H2,22,25)/t15-/m0/s1. The van der Waals surface area contributed by atoms with Crippen molar-refractivity contribution in [1.82, 2.24) is 4.90 Å². The van der Waals surface area contributed by atoms with Gasteiger partial charge in [-0.3, -0.25) is 14.4 Å².